The molecule has 186 valence electrons. The normalized spacial score (nSPS) is 10.6. The summed E-state index contributed by atoms with van der Waals surface area (Å²) >= 11 is 0. The average molecular weight is 462 g/mol. The Morgan fingerprint density at radius 1 is 0.788 bits per heavy atom. The van der Waals surface area contributed by atoms with Gasteiger partial charge in [-0.15, -0.1) is 0 Å². The molecule has 1 aromatic rings. The van der Waals surface area contributed by atoms with Gasteiger partial charge in [-0.2, -0.15) is 0 Å². The molecule has 1 N–H and O–H groups in total. The SMILES string of the molecule is CCCCCCCCCCCCCCCC(=O)NCCOC(=O)c1ccccc1OC(C)=O. The highest BCUT2D eigenvalue weighted by atomic mass is 16.5. The number of unbranched alkanes of at least 4 members (excludes halogenated alkanes) is 12. The van der Waals surface area contributed by atoms with Crippen molar-refractivity contribution >= 4 is 17.8 Å². The molecular weight excluding hydrogens is 418 g/mol. The molecule has 0 radical (unpaired) electrons. The summed E-state index contributed by atoms with van der Waals surface area (Å²) in [6, 6.07) is 6.41. The molecule has 0 aromatic heterocycles. The van der Waals surface area contributed by atoms with E-state index in [0.717, 1.165) is 12.8 Å². The summed E-state index contributed by atoms with van der Waals surface area (Å²) in [5.74, 6) is -0.941. The number of rotatable bonds is 19. The van der Waals surface area contributed by atoms with Crippen LogP contribution in [0.25, 0.3) is 0 Å². The maximum atomic E-state index is 12.2. The molecule has 6 heteroatoms. The van der Waals surface area contributed by atoms with Gasteiger partial charge in [0.2, 0.25) is 5.91 Å². The van der Waals surface area contributed by atoms with Crippen LogP contribution in [0.5, 0.6) is 5.75 Å². The van der Waals surface area contributed by atoms with Crippen LogP contribution in [0, 0.1) is 0 Å². The summed E-state index contributed by atoms with van der Waals surface area (Å²) in [6.07, 6.45) is 17.1. The van der Waals surface area contributed by atoms with E-state index in [4.69, 9.17) is 9.47 Å². The van der Waals surface area contributed by atoms with Crippen LogP contribution in [0.15, 0.2) is 24.3 Å². The second-order valence-electron chi connectivity index (χ2n) is 8.57. The number of esters is 2. The molecule has 1 aromatic carbocycles. The van der Waals surface area contributed by atoms with E-state index in [1.165, 1.54) is 89.7 Å². The zero-order chi connectivity index (χ0) is 24.2. The van der Waals surface area contributed by atoms with Gasteiger partial charge in [0.05, 0.1) is 6.54 Å². The van der Waals surface area contributed by atoms with Gasteiger partial charge in [0.15, 0.2) is 0 Å². The molecule has 0 aliphatic heterocycles. The Hall–Kier alpha value is -2.37. The van der Waals surface area contributed by atoms with E-state index >= 15 is 0 Å². The van der Waals surface area contributed by atoms with Crippen LogP contribution in [0.1, 0.15) is 114 Å². The van der Waals surface area contributed by atoms with E-state index in [9.17, 15) is 14.4 Å². The molecule has 0 saturated heterocycles. The molecule has 0 atom stereocenters. The molecule has 0 saturated carbocycles. The molecule has 0 bridgehead atoms. The Balaban J connectivity index is 1.98. The topological polar surface area (TPSA) is 81.7 Å². The Kier molecular flexibility index (Phi) is 16.6. The predicted octanol–water partition coefficient (Wildman–Crippen LogP) is 6.37. The van der Waals surface area contributed by atoms with Gasteiger partial charge in [-0.05, 0) is 18.6 Å². The van der Waals surface area contributed by atoms with Crippen molar-refractivity contribution in [1.82, 2.24) is 5.32 Å². The molecule has 0 heterocycles. The third-order valence-corrected chi connectivity index (χ3v) is 5.53. The lowest BCUT2D eigenvalue weighted by atomic mass is 10.0. The second kappa shape index (κ2) is 19.1. The van der Waals surface area contributed by atoms with Crippen molar-refractivity contribution < 1.29 is 23.9 Å². The third kappa shape index (κ3) is 15.2. The average Bonchev–Trinajstić information content (AvgIpc) is 2.79. The minimum Gasteiger partial charge on any atom is -0.460 e. The molecule has 6 nitrogen and oxygen atoms in total. The first-order valence-electron chi connectivity index (χ1n) is 12.8. The highest BCUT2D eigenvalue weighted by Gasteiger charge is 2.14. The molecule has 0 unspecified atom stereocenters. The van der Waals surface area contributed by atoms with Crippen LogP contribution in [0.3, 0.4) is 0 Å². The van der Waals surface area contributed by atoms with Gasteiger partial charge in [0, 0.05) is 13.3 Å². The summed E-state index contributed by atoms with van der Waals surface area (Å²) in [5.41, 5.74) is 0.186. The van der Waals surface area contributed by atoms with E-state index in [-0.39, 0.29) is 30.4 Å². The number of carbonyl (C=O) groups excluding carboxylic acids is 3. The molecule has 33 heavy (non-hydrogen) atoms. The van der Waals surface area contributed by atoms with Crippen LogP contribution < -0.4 is 10.1 Å². The predicted molar refractivity (Wildman–Crippen MR) is 131 cm³/mol. The molecule has 0 aliphatic rings. The van der Waals surface area contributed by atoms with E-state index < -0.39 is 11.9 Å². The van der Waals surface area contributed by atoms with Gasteiger partial charge in [-0.25, -0.2) is 4.79 Å². The maximum absolute atomic E-state index is 12.2. The zero-order valence-electron chi connectivity index (χ0n) is 20.7. The number of para-hydroxylation sites is 1. The van der Waals surface area contributed by atoms with Crippen LogP contribution >= 0.6 is 0 Å². The summed E-state index contributed by atoms with van der Waals surface area (Å²) in [5, 5.41) is 2.78. The lowest BCUT2D eigenvalue weighted by molar-refractivity contribution is -0.132. The van der Waals surface area contributed by atoms with E-state index in [1.54, 1.807) is 12.1 Å². The number of carbonyl (C=O) groups is 3. The van der Waals surface area contributed by atoms with Crippen LogP contribution in [0.2, 0.25) is 0 Å². The Morgan fingerprint density at radius 2 is 1.33 bits per heavy atom. The molecule has 0 fully saturated rings. The minimum atomic E-state index is -0.586. The number of nitrogens with one attached hydrogen (secondary N) is 1. The minimum absolute atomic E-state index is 0.0190. The van der Waals surface area contributed by atoms with Gasteiger partial charge >= 0.3 is 11.9 Å². The summed E-state index contributed by atoms with van der Waals surface area (Å²) in [7, 11) is 0. The van der Waals surface area contributed by atoms with E-state index in [0.29, 0.717) is 6.42 Å². The van der Waals surface area contributed by atoms with Gasteiger partial charge in [-0.1, -0.05) is 96.1 Å². The maximum Gasteiger partial charge on any atom is 0.342 e. The van der Waals surface area contributed by atoms with Crippen molar-refractivity contribution in [3.8, 4) is 5.75 Å². The summed E-state index contributed by atoms with van der Waals surface area (Å²) < 4.78 is 10.2. The number of hydrogen-bond donors (Lipinski definition) is 1. The van der Waals surface area contributed by atoms with Crippen molar-refractivity contribution in [2.24, 2.45) is 0 Å². The Bertz CT molecular complexity index is 689. The van der Waals surface area contributed by atoms with E-state index in [2.05, 4.69) is 12.2 Å². The summed E-state index contributed by atoms with van der Waals surface area (Å²) in [6.45, 7) is 3.86. The fourth-order valence-electron chi connectivity index (χ4n) is 3.68. The first-order valence-corrected chi connectivity index (χ1v) is 12.8. The first kappa shape index (κ1) is 28.7. The standard InChI is InChI=1S/C27H43NO5/c1-3-4-5-6-7-8-9-10-11-12-13-14-15-20-26(30)28-21-22-32-27(31)24-18-16-17-19-25(24)33-23(2)29/h16-19H,3-15,20-22H2,1-2H3,(H,28,30). The number of benzene rings is 1. The number of hydrogen-bond acceptors (Lipinski definition) is 5. The van der Waals surface area contributed by atoms with Crippen molar-refractivity contribution in [2.75, 3.05) is 13.2 Å². The van der Waals surface area contributed by atoms with Gasteiger partial charge in [0.25, 0.3) is 0 Å². The first-order chi connectivity index (χ1) is 16.0. The fraction of sp³-hybridized carbons (Fsp3) is 0.667. The molecule has 0 spiro atoms. The largest absolute Gasteiger partial charge is 0.460 e. The third-order valence-electron chi connectivity index (χ3n) is 5.53. The quantitative estimate of drug-likeness (QED) is 0.147. The second-order valence-corrected chi connectivity index (χ2v) is 8.57. The zero-order valence-corrected chi connectivity index (χ0v) is 20.7. The smallest absolute Gasteiger partial charge is 0.342 e. The number of ether oxygens (including phenoxy) is 2. The van der Waals surface area contributed by atoms with Gasteiger partial charge in [-0.3, -0.25) is 9.59 Å². The highest BCUT2D eigenvalue weighted by Crippen LogP contribution is 2.19. The van der Waals surface area contributed by atoms with Gasteiger partial charge < -0.3 is 14.8 Å². The van der Waals surface area contributed by atoms with Crippen molar-refractivity contribution in [3.63, 3.8) is 0 Å². The van der Waals surface area contributed by atoms with Crippen molar-refractivity contribution in [1.29, 1.82) is 0 Å². The number of amides is 1. The molecule has 1 rings (SSSR count). The Labute approximate surface area is 199 Å². The van der Waals surface area contributed by atoms with Crippen molar-refractivity contribution in [3.05, 3.63) is 29.8 Å². The fourth-order valence-corrected chi connectivity index (χ4v) is 3.68. The molecule has 1 amide bonds. The Morgan fingerprint density at radius 3 is 1.91 bits per heavy atom. The molecular formula is C27H43NO5. The lowest BCUT2D eigenvalue weighted by Crippen LogP contribution is -2.27. The lowest BCUT2D eigenvalue weighted by Gasteiger charge is -2.09. The van der Waals surface area contributed by atoms with Crippen molar-refractivity contribution in [2.45, 2.75) is 104 Å². The monoisotopic (exact) mass is 461 g/mol. The van der Waals surface area contributed by atoms with Gasteiger partial charge in [0.1, 0.15) is 17.9 Å². The summed E-state index contributed by atoms with van der Waals surface area (Å²) in [4.78, 5) is 35.2. The van der Waals surface area contributed by atoms with Crippen LogP contribution in [-0.4, -0.2) is 31.0 Å². The van der Waals surface area contributed by atoms with Crippen LogP contribution in [0.4, 0.5) is 0 Å². The van der Waals surface area contributed by atoms with E-state index in [1.807, 2.05) is 0 Å². The molecule has 0 aliphatic carbocycles. The van der Waals surface area contributed by atoms with Crippen LogP contribution in [-0.2, 0) is 14.3 Å². The highest BCUT2D eigenvalue weighted by molar-refractivity contribution is 5.93.